The Hall–Kier alpha value is -1.30. The summed E-state index contributed by atoms with van der Waals surface area (Å²) >= 11 is 5.13. The highest BCUT2D eigenvalue weighted by Gasteiger charge is 2.29. The standard InChI is InChI=1S/C8H5ClF3NO2/c9-7(14)5-1-2-13-3-6(5)15-4-8(10,11)12/h1-3H,4H2. The van der Waals surface area contributed by atoms with E-state index >= 15 is 0 Å². The van der Waals surface area contributed by atoms with Crippen LogP contribution >= 0.6 is 11.6 Å². The van der Waals surface area contributed by atoms with E-state index in [2.05, 4.69) is 9.72 Å². The molecule has 15 heavy (non-hydrogen) atoms. The van der Waals surface area contributed by atoms with Crippen molar-refractivity contribution in [3.63, 3.8) is 0 Å². The van der Waals surface area contributed by atoms with Gasteiger partial charge in [-0.1, -0.05) is 0 Å². The second-order valence-electron chi connectivity index (χ2n) is 2.55. The summed E-state index contributed by atoms with van der Waals surface area (Å²) < 4.78 is 39.8. The lowest BCUT2D eigenvalue weighted by molar-refractivity contribution is -0.153. The molecule has 0 saturated carbocycles. The van der Waals surface area contributed by atoms with E-state index in [1.165, 1.54) is 12.3 Å². The minimum atomic E-state index is -4.47. The topological polar surface area (TPSA) is 39.2 Å². The van der Waals surface area contributed by atoms with Crippen molar-refractivity contribution in [1.29, 1.82) is 0 Å². The van der Waals surface area contributed by atoms with Crippen molar-refractivity contribution < 1.29 is 22.7 Å². The van der Waals surface area contributed by atoms with Crippen molar-refractivity contribution in [3.05, 3.63) is 24.0 Å². The van der Waals surface area contributed by atoms with Gasteiger partial charge in [0.25, 0.3) is 5.24 Å². The Morgan fingerprint density at radius 3 is 2.73 bits per heavy atom. The largest absolute Gasteiger partial charge is 0.482 e. The fraction of sp³-hybridized carbons (Fsp3) is 0.250. The van der Waals surface area contributed by atoms with Crippen LogP contribution in [0.3, 0.4) is 0 Å². The van der Waals surface area contributed by atoms with Gasteiger partial charge in [0.15, 0.2) is 6.61 Å². The Kier molecular flexibility index (Phi) is 3.52. The van der Waals surface area contributed by atoms with Crippen LogP contribution < -0.4 is 4.74 Å². The number of rotatable bonds is 3. The third-order valence-electron chi connectivity index (χ3n) is 1.39. The normalized spacial score (nSPS) is 11.2. The zero-order chi connectivity index (χ0) is 11.5. The molecular weight excluding hydrogens is 235 g/mol. The molecule has 1 aromatic heterocycles. The molecule has 0 aromatic carbocycles. The molecule has 1 heterocycles. The van der Waals surface area contributed by atoms with Gasteiger partial charge in [0.2, 0.25) is 0 Å². The molecule has 0 aliphatic heterocycles. The van der Waals surface area contributed by atoms with Gasteiger partial charge in [-0.25, -0.2) is 0 Å². The van der Waals surface area contributed by atoms with Gasteiger partial charge in [-0.05, 0) is 17.7 Å². The Morgan fingerprint density at radius 2 is 2.20 bits per heavy atom. The molecule has 82 valence electrons. The van der Waals surface area contributed by atoms with E-state index in [0.717, 1.165) is 6.20 Å². The zero-order valence-electron chi connectivity index (χ0n) is 7.21. The molecule has 0 spiro atoms. The number of hydrogen-bond acceptors (Lipinski definition) is 3. The summed E-state index contributed by atoms with van der Waals surface area (Å²) in [6.07, 6.45) is -2.24. The molecule has 0 aliphatic rings. The SMILES string of the molecule is O=C(Cl)c1ccncc1OCC(F)(F)F. The maximum absolute atomic E-state index is 11.8. The summed E-state index contributed by atoms with van der Waals surface area (Å²) in [6, 6.07) is 1.18. The van der Waals surface area contributed by atoms with Crippen LogP contribution in [-0.4, -0.2) is 23.0 Å². The highest BCUT2D eigenvalue weighted by molar-refractivity contribution is 6.68. The first-order chi connectivity index (χ1) is 6.90. The van der Waals surface area contributed by atoms with Crippen molar-refractivity contribution in [3.8, 4) is 5.75 Å². The van der Waals surface area contributed by atoms with E-state index in [1.807, 2.05) is 0 Å². The maximum Gasteiger partial charge on any atom is 0.422 e. The Labute approximate surface area is 87.8 Å². The number of aromatic nitrogens is 1. The van der Waals surface area contributed by atoms with Crippen molar-refractivity contribution in [2.75, 3.05) is 6.61 Å². The van der Waals surface area contributed by atoms with E-state index in [1.54, 1.807) is 0 Å². The molecule has 1 aromatic rings. The van der Waals surface area contributed by atoms with Crippen molar-refractivity contribution in [2.24, 2.45) is 0 Å². The van der Waals surface area contributed by atoms with Gasteiger partial charge in [-0.2, -0.15) is 13.2 Å². The summed E-state index contributed by atoms with van der Waals surface area (Å²) in [5.74, 6) is -0.283. The van der Waals surface area contributed by atoms with Crippen LogP contribution in [0.4, 0.5) is 13.2 Å². The minimum absolute atomic E-state index is 0.143. The lowest BCUT2D eigenvalue weighted by Gasteiger charge is -2.10. The Morgan fingerprint density at radius 1 is 1.53 bits per heavy atom. The second kappa shape index (κ2) is 4.48. The lowest BCUT2D eigenvalue weighted by Crippen LogP contribution is -2.20. The fourth-order valence-corrected chi connectivity index (χ4v) is 0.973. The monoisotopic (exact) mass is 239 g/mol. The van der Waals surface area contributed by atoms with Gasteiger partial charge in [-0.15, -0.1) is 0 Å². The number of pyridine rings is 1. The molecule has 0 aliphatic carbocycles. The average molecular weight is 240 g/mol. The van der Waals surface area contributed by atoms with Gasteiger partial charge in [0.05, 0.1) is 11.8 Å². The van der Waals surface area contributed by atoms with Gasteiger partial charge in [-0.3, -0.25) is 9.78 Å². The Bertz CT molecular complexity index is 367. The molecular formula is C8H5ClF3NO2. The van der Waals surface area contributed by atoms with Crippen LogP contribution in [0.15, 0.2) is 18.5 Å². The quantitative estimate of drug-likeness (QED) is 0.761. The number of nitrogens with zero attached hydrogens (tertiary/aromatic N) is 1. The van der Waals surface area contributed by atoms with E-state index in [9.17, 15) is 18.0 Å². The fourth-order valence-electron chi connectivity index (χ4n) is 0.817. The third kappa shape index (κ3) is 3.75. The van der Waals surface area contributed by atoms with Crippen molar-refractivity contribution in [1.82, 2.24) is 4.98 Å². The number of carbonyl (C=O) groups is 1. The first-order valence-corrected chi connectivity index (χ1v) is 4.11. The van der Waals surface area contributed by atoms with Crippen LogP contribution in [0.2, 0.25) is 0 Å². The summed E-state index contributed by atoms with van der Waals surface area (Å²) in [4.78, 5) is 14.3. The zero-order valence-corrected chi connectivity index (χ0v) is 7.97. The predicted molar refractivity (Wildman–Crippen MR) is 46.0 cm³/mol. The lowest BCUT2D eigenvalue weighted by atomic mass is 10.3. The summed E-state index contributed by atoms with van der Waals surface area (Å²) in [5.41, 5.74) is -0.143. The van der Waals surface area contributed by atoms with Crippen LogP contribution in [0.1, 0.15) is 10.4 Å². The second-order valence-corrected chi connectivity index (χ2v) is 2.89. The molecule has 0 bridgehead atoms. The van der Waals surface area contributed by atoms with Crippen molar-refractivity contribution in [2.45, 2.75) is 6.18 Å². The summed E-state index contributed by atoms with van der Waals surface area (Å²) in [7, 11) is 0. The number of alkyl halides is 3. The van der Waals surface area contributed by atoms with Gasteiger partial charge in [0.1, 0.15) is 5.75 Å². The molecule has 0 amide bonds. The number of halogens is 4. The average Bonchev–Trinajstić information content (AvgIpc) is 2.14. The highest BCUT2D eigenvalue weighted by Crippen LogP contribution is 2.22. The first kappa shape index (κ1) is 11.8. The smallest absolute Gasteiger partial charge is 0.422 e. The van der Waals surface area contributed by atoms with E-state index < -0.39 is 18.0 Å². The molecule has 0 atom stereocenters. The third-order valence-corrected chi connectivity index (χ3v) is 1.59. The van der Waals surface area contributed by atoms with Crippen LogP contribution in [0.25, 0.3) is 0 Å². The molecule has 0 N–H and O–H groups in total. The number of ether oxygens (including phenoxy) is 1. The number of hydrogen-bond donors (Lipinski definition) is 0. The van der Waals surface area contributed by atoms with Gasteiger partial charge in [0, 0.05) is 6.20 Å². The summed E-state index contributed by atoms with van der Waals surface area (Å²) in [5, 5.41) is -0.894. The first-order valence-electron chi connectivity index (χ1n) is 3.73. The molecule has 0 fully saturated rings. The Balaban J connectivity index is 2.81. The van der Waals surface area contributed by atoms with E-state index in [4.69, 9.17) is 11.6 Å². The predicted octanol–water partition coefficient (Wildman–Crippen LogP) is 2.40. The number of carbonyl (C=O) groups excluding carboxylic acids is 1. The molecule has 7 heteroatoms. The molecule has 0 unspecified atom stereocenters. The van der Waals surface area contributed by atoms with E-state index in [-0.39, 0.29) is 11.3 Å². The van der Waals surface area contributed by atoms with Crippen LogP contribution in [-0.2, 0) is 0 Å². The molecule has 3 nitrogen and oxygen atoms in total. The van der Waals surface area contributed by atoms with E-state index in [0.29, 0.717) is 0 Å². The molecule has 0 saturated heterocycles. The highest BCUT2D eigenvalue weighted by atomic mass is 35.5. The summed E-state index contributed by atoms with van der Waals surface area (Å²) in [6.45, 7) is -1.49. The van der Waals surface area contributed by atoms with Crippen molar-refractivity contribution >= 4 is 16.8 Å². The minimum Gasteiger partial charge on any atom is -0.482 e. The molecule has 1 rings (SSSR count). The van der Waals surface area contributed by atoms with Crippen LogP contribution in [0, 0.1) is 0 Å². The van der Waals surface area contributed by atoms with Gasteiger partial charge < -0.3 is 4.74 Å². The maximum atomic E-state index is 11.8. The van der Waals surface area contributed by atoms with Gasteiger partial charge >= 0.3 is 6.18 Å². The van der Waals surface area contributed by atoms with Crippen LogP contribution in [0.5, 0.6) is 5.75 Å². The molecule has 0 radical (unpaired) electrons.